The lowest BCUT2D eigenvalue weighted by molar-refractivity contribution is 0.590. The molecule has 0 saturated heterocycles. The highest BCUT2D eigenvalue weighted by Crippen LogP contribution is 2.28. The van der Waals surface area contributed by atoms with Crippen molar-refractivity contribution in [2.24, 2.45) is 0 Å². The monoisotopic (exact) mass is 195 g/mol. The minimum atomic E-state index is -0.796. The average molecular weight is 195 g/mol. The van der Waals surface area contributed by atoms with Crippen molar-refractivity contribution in [3.05, 3.63) is 34.7 Å². The van der Waals surface area contributed by atoms with Gasteiger partial charge in [0.1, 0.15) is 23.3 Å². The van der Waals surface area contributed by atoms with Gasteiger partial charge in [-0.1, -0.05) is 0 Å². The van der Waals surface area contributed by atoms with E-state index in [1.54, 1.807) is 11.4 Å². The number of nitriles is 1. The van der Waals surface area contributed by atoms with Crippen LogP contribution in [0, 0.1) is 23.0 Å². The van der Waals surface area contributed by atoms with Crippen LogP contribution in [0.25, 0.3) is 10.1 Å². The molecule has 1 aromatic heterocycles. The molecular formula is C9H3F2NS. The van der Waals surface area contributed by atoms with E-state index in [0.717, 1.165) is 17.4 Å². The lowest BCUT2D eigenvalue weighted by atomic mass is 10.1. The average Bonchev–Trinajstić information content (AvgIpc) is 2.53. The summed E-state index contributed by atoms with van der Waals surface area (Å²) >= 11 is 1.16. The first-order valence-electron chi connectivity index (χ1n) is 3.49. The fraction of sp³-hybridized carbons (Fsp3) is 0. The molecule has 13 heavy (non-hydrogen) atoms. The smallest absolute Gasteiger partial charge is 0.145 e. The second-order valence-corrected chi connectivity index (χ2v) is 3.41. The summed E-state index contributed by atoms with van der Waals surface area (Å²) in [7, 11) is 0. The molecule has 1 aromatic carbocycles. The molecule has 0 N–H and O–H groups in total. The number of nitrogens with zero attached hydrogens (tertiary/aromatic N) is 1. The predicted molar refractivity (Wildman–Crippen MR) is 46.5 cm³/mol. The standard InChI is InChI=1S/C9H3F2NS/c10-7-3-8(11)6(4-12)9-5(7)1-2-13-9/h1-3H. The highest BCUT2D eigenvalue weighted by atomic mass is 32.1. The van der Waals surface area contributed by atoms with E-state index in [9.17, 15) is 8.78 Å². The van der Waals surface area contributed by atoms with Gasteiger partial charge in [-0.05, 0) is 11.4 Å². The summed E-state index contributed by atoms with van der Waals surface area (Å²) in [6.07, 6.45) is 0. The molecule has 2 aromatic rings. The van der Waals surface area contributed by atoms with E-state index in [1.165, 1.54) is 6.07 Å². The van der Waals surface area contributed by atoms with Crippen LogP contribution in [-0.4, -0.2) is 0 Å². The number of benzene rings is 1. The molecule has 1 nitrogen and oxygen atoms in total. The molecule has 1 heterocycles. The first-order valence-corrected chi connectivity index (χ1v) is 4.37. The van der Waals surface area contributed by atoms with Gasteiger partial charge in [-0.25, -0.2) is 8.78 Å². The zero-order chi connectivity index (χ0) is 9.42. The van der Waals surface area contributed by atoms with Crippen molar-refractivity contribution >= 4 is 21.4 Å². The minimum Gasteiger partial charge on any atom is -0.206 e. The molecule has 0 unspecified atom stereocenters. The Bertz CT molecular complexity index is 510. The van der Waals surface area contributed by atoms with Crippen molar-refractivity contribution in [3.8, 4) is 6.07 Å². The summed E-state index contributed by atoms with van der Waals surface area (Å²) in [6, 6.07) is 4.00. The number of rotatable bonds is 0. The molecule has 0 radical (unpaired) electrons. The van der Waals surface area contributed by atoms with Gasteiger partial charge in [-0.3, -0.25) is 0 Å². The van der Waals surface area contributed by atoms with Gasteiger partial charge in [0.15, 0.2) is 0 Å². The number of halogens is 2. The van der Waals surface area contributed by atoms with E-state index < -0.39 is 11.6 Å². The van der Waals surface area contributed by atoms with Crippen LogP contribution in [0.15, 0.2) is 17.5 Å². The zero-order valence-corrected chi connectivity index (χ0v) is 7.16. The maximum Gasteiger partial charge on any atom is 0.145 e. The lowest BCUT2D eigenvalue weighted by Gasteiger charge is -1.96. The van der Waals surface area contributed by atoms with Crippen LogP contribution >= 0.6 is 11.3 Å². The summed E-state index contributed by atoms with van der Waals surface area (Å²) in [5.41, 5.74) is -0.0774. The molecule has 0 saturated carbocycles. The fourth-order valence-corrected chi connectivity index (χ4v) is 2.06. The molecule has 4 heteroatoms. The number of thiophene rings is 1. The van der Waals surface area contributed by atoms with Crippen molar-refractivity contribution < 1.29 is 8.78 Å². The first kappa shape index (κ1) is 8.14. The Balaban J connectivity index is 2.99. The van der Waals surface area contributed by atoms with Crippen LogP contribution < -0.4 is 0 Å². The maximum atomic E-state index is 13.1. The van der Waals surface area contributed by atoms with Crippen LogP contribution in [0.1, 0.15) is 5.56 Å². The van der Waals surface area contributed by atoms with Gasteiger partial charge in [0.2, 0.25) is 0 Å². The Morgan fingerprint density at radius 1 is 1.31 bits per heavy atom. The van der Waals surface area contributed by atoms with Gasteiger partial charge in [-0.2, -0.15) is 5.26 Å². The van der Waals surface area contributed by atoms with E-state index in [1.807, 2.05) is 0 Å². The van der Waals surface area contributed by atoms with Gasteiger partial charge < -0.3 is 0 Å². The number of hydrogen-bond acceptors (Lipinski definition) is 2. The van der Waals surface area contributed by atoms with Crippen molar-refractivity contribution in [1.82, 2.24) is 0 Å². The third-order valence-electron chi connectivity index (χ3n) is 1.75. The Morgan fingerprint density at radius 2 is 2.08 bits per heavy atom. The predicted octanol–water partition coefficient (Wildman–Crippen LogP) is 3.05. The molecule has 2 rings (SSSR count). The van der Waals surface area contributed by atoms with Crippen molar-refractivity contribution in [1.29, 1.82) is 5.26 Å². The van der Waals surface area contributed by atoms with Gasteiger partial charge in [0.05, 0.1) is 4.70 Å². The lowest BCUT2D eigenvalue weighted by Crippen LogP contribution is -1.86. The molecule has 0 amide bonds. The third-order valence-corrected chi connectivity index (χ3v) is 2.69. The zero-order valence-electron chi connectivity index (χ0n) is 6.34. The van der Waals surface area contributed by atoms with Crippen LogP contribution in [0.3, 0.4) is 0 Å². The molecule has 0 aliphatic heterocycles. The maximum absolute atomic E-state index is 13.1. The van der Waals surface area contributed by atoms with Gasteiger partial charge >= 0.3 is 0 Å². The Morgan fingerprint density at radius 3 is 2.77 bits per heavy atom. The Labute approximate surface area is 76.8 Å². The van der Waals surface area contributed by atoms with Crippen molar-refractivity contribution in [3.63, 3.8) is 0 Å². The normalized spacial score (nSPS) is 10.2. The number of fused-ring (bicyclic) bond motifs is 1. The summed E-state index contributed by atoms with van der Waals surface area (Å²) in [6.45, 7) is 0. The van der Waals surface area contributed by atoms with Crippen molar-refractivity contribution in [2.45, 2.75) is 0 Å². The Hall–Kier alpha value is -1.47. The quantitative estimate of drug-likeness (QED) is 0.633. The summed E-state index contributed by atoms with van der Waals surface area (Å²) in [5.74, 6) is -1.41. The second-order valence-electron chi connectivity index (χ2n) is 2.49. The fourth-order valence-electron chi connectivity index (χ4n) is 1.16. The van der Waals surface area contributed by atoms with Crippen LogP contribution in [0.5, 0.6) is 0 Å². The number of hydrogen-bond donors (Lipinski definition) is 0. The molecule has 0 aliphatic rings. The SMILES string of the molecule is N#Cc1c(F)cc(F)c2ccsc12. The molecule has 0 spiro atoms. The molecule has 0 aliphatic carbocycles. The van der Waals surface area contributed by atoms with E-state index in [-0.39, 0.29) is 5.56 Å². The molecular weight excluding hydrogens is 192 g/mol. The highest BCUT2D eigenvalue weighted by Gasteiger charge is 2.12. The van der Waals surface area contributed by atoms with Crippen LogP contribution in [0.4, 0.5) is 8.78 Å². The van der Waals surface area contributed by atoms with Gasteiger partial charge in [0.25, 0.3) is 0 Å². The van der Waals surface area contributed by atoms with Gasteiger partial charge in [-0.15, -0.1) is 11.3 Å². The molecule has 0 bridgehead atoms. The summed E-state index contributed by atoms with van der Waals surface area (Å²) in [4.78, 5) is 0. The van der Waals surface area contributed by atoms with Crippen LogP contribution in [0.2, 0.25) is 0 Å². The minimum absolute atomic E-state index is 0.0774. The highest BCUT2D eigenvalue weighted by molar-refractivity contribution is 7.17. The second kappa shape index (κ2) is 2.79. The summed E-state index contributed by atoms with van der Waals surface area (Å²) in [5, 5.41) is 10.6. The molecule has 64 valence electrons. The van der Waals surface area contributed by atoms with E-state index in [0.29, 0.717) is 10.1 Å². The molecule has 0 fully saturated rings. The molecule has 0 atom stereocenters. The summed E-state index contributed by atoms with van der Waals surface area (Å²) < 4.78 is 26.4. The van der Waals surface area contributed by atoms with Gasteiger partial charge in [0, 0.05) is 11.5 Å². The van der Waals surface area contributed by atoms with E-state index in [4.69, 9.17) is 5.26 Å². The first-order chi connectivity index (χ1) is 6.24. The topological polar surface area (TPSA) is 23.8 Å². The third kappa shape index (κ3) is 1.09. The van der Waals surface area contributed by atoms with E-state index >= 15 is 0 Å². The van der Waals surface area contributed by atoms with Crippen LogP contribution in [-0.2, 0) is 0 Å². The largest absolute Gasteiger partial charge is 0.206 e. The van der Waals surface area contributed by atoms with Crippen molar-refractivity contribution in [2.75, 3.05) is 0 Å². The Kier molecular flexibility index (Phi) is 1.74. The van der Waals surface area contributed by atoms with E-state index in [2.05, 4.69) is 0 Å².